The number of nitrogens with zero attached hydrogens (tertiary/aromatic N) is 2. The molecule has 0 amide bonds. The molecule has 0 aliphatic heterocycles. The van der Waals surface area contributed by atoms with E-state index in [0.29, 0.717) is 0 Å². The summed E-state index contributed by atoms with van der Waals surface area (Å²) in [5.41, 5.74) is -1.03. The number of sulfone groups is 1. The second-order valence-electron chi connectivity index (χ2n) is 5.14. The molecule has 0 aromatic heterocycles. The zero-order valence-electron chi connectivity index (χ0n) is 14.4. The van der Waals surface area contributed by atoms with Gasteiger partial charge in [0.25, 0.3) is 0 Å². The Morgan fingerprint density at radius 1 is 0.815 bits per heavy atom. The maximum absolute atomic E-state index is 12.8. The molecule has 2 rings (SSSR count). The standard InChI is InChI=1S/C16H16N2O8S/c1-3-25-15-7-5-11(9-13(15)17(19)20)27(23,24)12-6-8-16(26-4-2)14(10-12)18(21)22/h5-10H,3-4H2,1-2H3. The van der Waals surface area contributed by atoms with Crippen molar-refractivity contribution in [2.24, 2.45) is 0 Å². The summed E-state index contributed by atoms with van der Waals surface area (Å²) in [6.45, 7) is 3.59. The molecule has 0 spiro atoms. The monoisotopic (exact) mass is 396 g/mol. The van der Waals surface area contributed by atoms with Gasteiger partial charge in [0.15, 0.2) is 11.5 Å². The van der Waals surface area contributed by atoms with E-state index in [0.717, 1.165) is 24.3 Å². The summed E-state index contributed by atoms with van der Waals surface area (Å²) in [4.78, 5) is 20.1. The summed E-state index contributed by atoms with van der Waals surface area (Å²) >= 11 is 0. The van der Waals surface area contributed by atoms with Crippen LogP contribution in [0.15, 0.2) is 46.2 Å². The van der Waals surface area contributed by atoms with Crippen LogP contribution in [0.3, 0.4) is 0 Å². The van der Waals surface area contributed by atoms with Crippen molar-refractivity contribution in [2.75, 3.05) is 13.2 Å². The van der Waals surface area contributed by atoms with Crippen LogP contribution in [-0.4, -0.2) is 31.5 Å². The summed E-state index contributed by atoms with van der Waals surface area (Å²) in [6.07, 6.45) is 0. The first-order valence-electron chi connectivity index (χ1n) is 7.79. The van der Waals surface area contributed by atoms with Crippen LogP contribution in [0.1, 0.15) is 13.8 Å². The van der Waals surface area contributed by atoms with Crippen LogP contribution >= 0.6 is 0 Å². The maximum Gasteiger partial charge on any atom is 0.312 e. The van der Waals surface area contributed by atoms with E-state index in [1.807, 2.05) is 0 Å². The van der Waals surface area contributed by atoms with E-state index in [9.17, 15) is 28.6 Å². The number of hydrogen-bond acceptors (Lipinski definition) is 8. The zero-order valence-corrected chi connectivity index (χ0v) is 15.3. The van der Waals surface area contributed by atoms with Crippen LogP contribution in [0.5, 0.6) is 11.5 Å². The van der Waals surface area contributed by atoms with Gasteiger partial charge in [-0.05, 0) is 38.1 Å². The highest BCUT2D eigenvalue weighted by Gasteiger charge is 2.27. The lowest BCUT2D eigenvalue weighted by Crippen LogP contribution is -2.06. The first kappa shape index (κ1) is 20.1. The molecule has 11 heteroatoms. The molecule has 2 aromatic carbocycles. The minimum atomic E-state index is -4.23. The molecule has 27 heavy (non-hydrogen) atoms. The Labute approximate surface area is 154 Å². The van der Waals surface area contributed by atoms with Gasteiger partial charge in [0.05, 0.1) is 32.9 Å². The second kappa shape index (κ2) is 7.99. The van der Waals surface area contributed by atoms with Crippen molar-refractivity contribution in [2.45, 2.75) is 23.6 Å². The number of rotatable bonds is 8. The molecule has 2 aromatic rings. The third-order valence-corrected chi connectivity index (χ3v) is 5.22. The van der Waals surface area contributed by atoms with Crippen molar-refractivity contribution in [1.29, 1.82) is 0 Å². The van der Waals surface area contributed by atoms with Crippen molar-refractivity contribution < 1.29 is 27.7 Å². The topological polar surface area (TPSA) is 139 Å². The summed E-state index contributed by atoms with van der Waals surface area (Å²) in [7, 11) is -4.23. The molecule has 0 aliphatic rings. The largest absolute Gasteiger partial charge is 0.487 e. The molecular formula is C16H16N2O8S. The summed E-state index contributed by atoms with van der Waals surface area (Å²) < 4.78 is 35.8. The average Bonchev–Trinajstić information content (AvgIpc) is 2.62. The first-order valence-corrected chi connectivity index (χ1v) is 9.28. The van der Waals surface area contributed by atoms with Crippen LogP contribution in [0, 0.1) is 20.2 Å². The van der Waals surface area contributed by atoms with E-state index in [-0.39, 0.29) is 34.5 Å². The Kier molecular flexibility index (Phi) is 5.95. The summed E-state index contributed by atoms with van der Waals surface area (Å²) in [5, 5.41) is 22.4. The van der Waals surface area contributed by atoms with Gasteiger partial charge in [-0.2, -0.15) is 0 Å². The van der Waals surface area contributed by atoms with Crippen LogP contribution in [0.25, 0.3) is 0 Å². The predicted molar refractivity (Wildman–Crippen MR) is 94.0 cm³/mol. The third kappa shape index (κ3) is 4.14. The fraction of sp³-hybridized carbons (Fsp3) is 0.250. The predicted octanol–water partition coefficient (Wildman–Crippen LogP) is 3.13. The quantitative estimate of drug-likeness (QED) is 0.490. The zero-order chi connectivity index (χ0) is 20.2. The van der Waals surface area contributed by atoms with Crippen LogP contribution < -0.4 is 9.47 Å². The van der Waals surface area contributed by atoms with Gasteiger partial charge in [-0.15, -0.1) is 0 Å². The van der Waals surface area contributed by atoms with Gasteiger partial charge in [0, 0.05) is 12.1 Å². The van der Waals surface area contributed by atoms with Gasteiger partial charge in [-0.25, -0.2) is 8.42 Å². The molecule has 0 unspecified atom stereocenters. The second-order valence-corrected chi connectivity index (χ2v) is 7.09. The molecule has 0 bridgehead atoms. The fourth-order valence-electron chi connectivity index (χ4n) is 2.31. The Morgan fingerprint density at radius 2 is 1.19 bits per heavy atom. The van der Waals surface area contributed by atoms with Crippen molar-refractivity contribution >= 4 is 21.2 Å². The smallest absolute Gasteiger partial charge is 0.312 e. The SMILES string of the molecule is CCOc1ccc(S(=O)(=O)c2ccc(OCC)c([N+](=O)[O-])c2)cc1[N+](=O)[O-]. The Balaban J connectivity index is 2.59. The van der Waals surface area contributed by atoms with Gasteiger partial charge < -0.3 is 9.47 Å². The molecule has 0 N–H and O–H groups in total. The Morgan fingerprint density at radius 3 is 1.48 bits per heavy atom. The van der Waals surface area contributed by atoms with Gasteiger partial charge >= 0.3 is 11.4 Å². The van der Waals surface area contributed by atoms with E-state index in [4.69, 9.17) is 9.47 Å². The molecule has 0 atom stereocenters. The average molecular weight is 396 g/mol. The molecule has 10 nitrogen and oxygen atoms in total. The number of hydrogen-bond donors (Lipinski definition) is 0. The van der Waals surface area contributed by atoms with E-state index in [2.05, 4.69) is 0 Å². The highest BCUT2D eigenvalue weighted by molar-refractivity contribution is 7.91. The molecule has 0 aliphatic carbocycles. The van der Waals surface area contributed by atoms with Crippen LogP contribution in [0.2, 0.25) is 0 Å². The fourth-order valence-corrected chi connectivity index (χ4v) is 3.61. The third-order valence-electron chi connectivity index (χ3n) is 3.47. The number of nitro benzene ring substituents is 2. The van der Waals surface area contributed by atoms with Gasteiger partial charge in [-0.1, -0.05) is 0 Å². The van der Waals surface area contributed by atoms with Crippen LogP contribution in [-0.2, 0) is 9.84 Å². The Bertz CT molecular complexity index is 914. The Hall–Kier alpha value is -3.21. The molecule has 0 radical (unpaired) electrons. The molecule has 0 saturated carbocycles. The lowest BCUT2D eigenvalue weighted by molar-refractivity contribution is -0.386. The molecular weight excluding hydrogens is 380 g/mol. The summed E-state index contributed by atoms with van der Waals surface area (Å²) in [5.74, 6) is -0.141. The van der Waals surface area contributed by atoms with Gasteiger partial charge in [-0.3, -0.25) is 20.2 Å². The van der Waals surface area contributed by atoms with E-state index in [1.165, 1.54) is 12.1 Å². The van der Waals surface area contributed by atoms with Crippen LogP contribution in [0.4, 0.5) is 11.4 Å². The van der Waals surface area contributed by atoms with Crippen molar-refractivity contribution in [3.05, 3.63) is 56.6 Å². The molecule has 0 heterocycles. The number of ether oxygens (including phenoxy) is 2. The summed E-state index contributed by atoms with van der Waals surface area (Å²) in [6, 6.07) is 6.38. The van der Waals surface area contributed by atoms with E-state index in [1.54, 1.807) is 13.8 Å². The molecule has 0 fully saturated rings. The first-order chi connectivity index (χ1) is 12.7. The minimum Gasteiger partial charge on any atom is -0.487 e. The van der Waals surface area contributed by atoms with Gasteiger partial charge in [0.2, 0.25) is 9.84 Å². The number of benzene rings is 2. The molecule has 144 valence electrons. The van der Waals surface area contributed by atoms with E-state index >= 15 is 0 Å². The minimum absolute atomic E-state index is 0.0703. The maximum atomic E-state index is 12.8. The van der Waals surface area contributed by atoms with Crippen molar-refractivity contribution in [3.8, 4) is 11.5 Å². The van der Waals surface area contributed by atoms with E-state index < -0.39 is 31.1 Å². The highest BCUT2D eigenvalue weighted by Crippen LogP contribution is 2.35. The number of nitro groups is 2. The van der Waals surface area contributed by atoms with Gasteiger partial charge in [0.1, 0.15) is 0 Å². The lowest BCUT2D eigenvalue weighted by Gasteiger charge is -2.09. The van der Waals surface area contributed by atoms with Crippen molar-refractivity contribution in [3.63, 3.8) is 0 Å². The normalized spacial score (nSPS) is 11.0. The molecule has 0 saturated heterocycles. The highest BCUT2D eigenvalue weighted by atomic mass is 32.2. The van der Waals surface area contributed by atoms with Crippen molar-refractivity contribution in [1.82, 2.24) is 0 Å². The lowest BCUT2D eigenvalue weighted by atomic mass is 10.3.